The van der Waals surface area contributed by atoms with E-state index in [2.05, 4.69) is 25.7 Å². The van der Waals surface area contributed by atoms with E-state index < -0.39 is 0 Å². The molecule has 110 valence electrons. The third-order valence-corrected chi connectivity index (χ3v) is 5.30. The van der Waals surface area contributed by atoms with Crippen LogP contribution < -0.4 is 0 Å². The Balaban J connectivity index is 1.51. The van der Waals surface area contributed by atoms with Gasteiger partial charge >= 0.3 is 0 Å². The molecule has 2 fully saturated rings. The van der Waals surface area contributed by atoms with Crippen molar-refractivity contribution >= 4 is 15.9 Å². The standard InChI is InChI=1S/C16H23BrN2O/c17-15-11-13(5-6-16(15)20)12-18-7-9-19(10-8-18)14-3-1-2-4-14/h5-6,11,14,20H,1-4,7-10,12H2. The van der Waals surface area contributed by atoms with Crippen LogP contribution >= 0.6 is 15.9 Å². The normalized spacial score (nSPS) is 22.4. The maximum absolute atomic E-state index is 9.54. The van der Waals surface area contributed by atoms with Crippen LogP contribution in [0.15, 0.2) is 22.7 Å². The maximum Gasteiger partial charge on any atom is 0.129 e. The highest BCUT2D eigenvalue weighted by Gasteiger charge is 2.25. The van der Waals surface area contributed by atoms with Crippen LogP contribution in [-0.4, -0.2) is 47.1 Å². The fourth-order valence-corrected chi connectivity index (χ4v) is 3.89. The second-order valence-electron chi connectivity index (χ2n) is 6.04. The smallest absolute Gasteiger partial charge is 0.129 e. The second-order valence-corrected chi connectivity index (χ2v) is 6.89. The molecule has 4 heteroatoms. The van der Waals surface area contributed by atoms with Crippen LogP contribution in [0, 0.1) is 0 Å². The number of benzene rings is 1. The lowest BCUT2D eigenvalue weighted by Crippen LogP contribution is -2.49. The molecule has 3 nitrogen and oxygen atoms in total. The number of phenols is 1. The summed E-state index contributed by atoms with van der Waals surface area (Å²) in [6, 6.07) is 6.68. The van der Waals surface area contributed by atoms with E-state index in [1.165, 1.54) is 44.3 Å². The number of nitrogens with zero attached hydrogens (tertiary/aromatic N) is 2. The van der Waals surface area contributed by atoms with E-state index in [-0.39, 0.29) is 0 Å². The maximum atomic E-state index is 9.54. The Hall–Kier alpha value is -0.580. The average Bonchev–Trinajstić information content (AvgIpc) is 2.98. The van der Waals surface area contributed by atoms with E-state index in [9.17, 15) is 5.11 Å². The molecule has 1 aromatic carbocycles. The topological polar surface area (TPSA) is 26.7 Å². The second kappa shape index (κ2) is 6.46. The molecule has 0 bridgehead atoms. The van der Waals surface area contributed by atoms with Crippen molar-refractivity contribution in [1.29, 1.82) is 0 Å². The molecule has 0 spiro atoms. The zero-order valence-corrected chi connectivity index (χ0v) is 13.5. The van der Waals surface area contributed by atoms with Crippen molar-refractivity contribution in [3.8, 4) is 5.75 Å². The van der Waals surface area contributed by atoms with Crippen LogP contribution in [0.3, 0.4) is 0 Å². The summed E-state index contributed by atoms with van der Waals surface area (Å²) < 4.78 is 0.791. The molecular weight excluding hydrogens is 316 g/mol. The monoisotopic (exact) mass is 338 g/mol. The third-order valence-electron chi connectivity index (χ3n) is 4.67. The molecule has 1 aliphatic heterocycles. The molecule has 1 aromatic rings. The molecule has 0 amide bonds. The highest BCUT2D eigenvalue weighted by Crippen LogP contribution is 2.26. The van der Waals surface area contributed by atoms with Crippen molar-refractivity contribution in [1.82, 2.24) is 9.80 Å². The summed E-state index contributed by atoms with van der Waals surface area (Å²) in [7, 11) is 0. The fraction of sp³-hybridized carbons (Fsp3) is 0.625. The van der Waals surface area contributed by atoms with Gasteiger partial charge in [0.15, 0.2) is 0 Å². The van der Waals surface area contributed by atoms with Gasteiger partial charge in [-0.1, -0.05) is 18.9 Å². The fourth-order valence-electron chi connectivity index (χ4n) is 3.46. The number of hydrogen-bond acceptors (Lipinski definition) is 3. The van der Waals surface area contributed by atoms with Crippen molar-refractivity contribution in [2.75, 3.05) is 26.2 Å². The SMILES string of the molecule is Oc1ccc(CN2CCN(C3CCCC3)CC2)cc1Br. The molecule has 0 aromatic heterocycles. The minimum absolute atomic E-state index is 0.319. The molecule has 1 saturated carbocycles. The summed E-state index contributed by atoms with van der Waals surface area (Å²) in [5.41, 5.74) is 1.27. The molecular formula is C16H23BrN2O. The number of hydrogen-bond donors (Lipinski definition) is 1. The van der Waals surface area contributed by atoms with Gasteiger partial charge in [0.25, 0.3) is 0 Å². The van der Waals surface area contributed by atoms with Gasteiger partial charge in [-0.3, -0.25) is 9.80 Å². The predicted octanol–water partition coefficient (Wildman–Crippen LogP) is 3.21. The Labute approximate surface area is 129 Å². The third kappa shape index (κ3) is 3.35. The lowest BCUT2D eigenvalue weighted by atomic mass is 10.1. The van der Waals surface area contributed by atoms with Gasteiger partial charge in [0.2, 0.25) is 0 Å². The first-order chi connectivity index (χ1) is 9.72. The molecule has 1 N–H and O–H groups in total. The molecule has 2 aliphatic rings. The van der Waals surface area contributed by atoms with E-state index in [1.54, 1.807) is 6.07 Å². The molecule has 0 unspecified atom stereocenters. The Morgan fingerprint density at radius 3 is 2.45 bits per heavy atom. The quantitative estimate of drug-likeness (QED) is 0.916. The zero-order valence-electron chi connectivity index (χ0n) is 11.9. The number of phenolic OH excluding ortho intramolecular Hbond substituents is 1. The summed E-state index contributed by atoms with van der Waals surface area (Å²) in [6.07, 6.45) is 5.66. The first kappa shape index (κ1) is 14.4. The molecule has 1 aliphatic carbocycles. The minimum atomic E-state index is 0.319. The van der Waals surface area contributed by atoms with Gasteiger partial charge in [0, 0.05) is 38.8 Å². The summed E-state index contributed by atoms with van der Waals surface area (Å²) in [4.78, 5) is 5.21. The number of piperazine rings is 1. The molecule has 1 heterocycles. The van der Waals surface area contributed by atoms with Gasteiger partial charge in [-0.25, -0.2) is 0 Å². The molecule has 1 saturated heterocycles. The number of halogens is 1. The predicted molar refractivity (Wildman–Crippen MR) is 84.9 cm³/mol. The van der Waals surface area contributed by atoms with E-state index >= 15 is 0 Å². The molecule has 0 atom stereocenters. The van der Waals surface area contributed by atoms with Gasteiger partial charge in [-0.05, 0) is 46.5 Å². The summed E-state index contributed by atoms with van der Waals surface area (Å²) in [5, 5.41) is 9.54. The van der Waals surface area contributed by atoms with Crippen LogP contribution in [0.25, 0.3) is 0 Å². The van der Waals surface area contributed by atoms with Crippen molar-refractivity contribution in [3.63, 3.8) is 0 Å². The molecule has 0 radical (unpaired) electrons. The first-order valence-electron chi connectivity index (χ1n) is 7.66. The van der Waals surface area contributed by atoms with Crippen LogP contribution in [0.1, 0.15) is 31.2 Å². The average molecular weight is 339 g/mol. The Morgan fingerprint density at radius 2 is 1.80 bits per heavy atom. The van der Waals surface area contributed by atoms with Crippen LogP contribution in [0.5, 0.6) is 5.75 Å². The summed E-state index contributed by atoms with van der Waals surface area (Å²) in [6.45, 7) is 5.73. The lowest BCUT2D eigenvalue weighted by molar-refractivity contribution is 0.0937. The Kier molecular flexibility index (Phi) is 4.64. The van der Waals surface area contributed by atoms with Crippen molar-refractivity contribution in [3.05, 3.63) is 28.2 Å². The Morgan fingerprint density at radius 1 is 1.10 bits per heavy atom. The van der Waals surface area contributed by atoms with E-state index in [1.807, 2.05) is 12.1 Å². The summed E-state index contributed by atoms with van der Waals surface area (Å²) in [5.74, 6) is 0.319. The van der Waals surface area contributed by atoms with Crippen LogP contribution in [0.2, 0.25) is 0 Å². The van der Waals surface area contributed by atoms with E-state index in [0.29, 0.717) is 5.75 Å². The number of aromatic hydroxyl groups is 1. The van der Waals surface area contributed by atoms with Gasteiger partial charge < -0.3 is 5.11 Å². The first-order valence-corrected chi connectivity index (χ1v) is 8.45. The van der Waals surface area contributed by atoms with Gasteiger partial charge in [-0.2, -0.15) is 0 Å². The van der Waals surface area contributed by atoms with Crippen molar-refractivity contribution in [2.24, 2.45) is 0 Å². The zero-order chi connectivity index (χ0) is 13.9. The van der Waals surface area contributed by atoms with Gasteiger partial charge in [0.1, 0.15) is 5.75 Å². The highest BCUT2D eigenvalue weighted by atomic mass is 79.9. The van der Waals surface area contributed by atoms with E-state index in [4.69, 9.17) is 0 Å². The largest absolute Gasteiger partial charge is 0.507 e. The van der Waals surface area contributed by atoms with Crippen LogP contribution in [-0.2, 0) is 6.54 Å². The Bertz CT molecular complexity index is 452. The summed E-state index contributed by atoms with van der Waals surface area (Å²) >= 11 is 3.39. The van der Waals surface area contributed by atoms with Crippen LogP contribution in [0.4, 0.5) is 0 Å². The van der Waals surface area contributed by atoms with Gasteiger partial charge in [0.05, 0.1) is 4.47 Å². The van der Waals surface area contributed by atoms with Gasteiger partial charge in [-0.15, -0.1) is 0 Å². The van der Waals surface area contributed by atoms with Crippen molar-refractivity contribution in [2.45, 2.75) is 38.3 Å². The highest BCUT2D eigenvalue weighted by molar-refractivity contribution is 9.10. The molecule has 20 heavy (non-hydrogen) atoms. The number of rotatable bonds is 3. The van der Waals surface area contributed by atoms with E-state index in [0.717, 1.165) is 30.1 Å². The van der Waals surface area contributed by atoms with Crippen molar-refractivity contribution < 1.29 is 5.11 Å². The lowest BCUT2D eigenvalue weighted by Gasteiger charge is -2.38. The molecule has 3 rings (SSSR count). The minimum Gasteiger partial charge on any atom is -0.507 e.